The molecule has 1 N–H and O–H groups in total. The summed E-state index contributed by atoms with van der Waals surface area (Å²) in [5.74, 6) is -0.226. The van der Waals surface area contributed by atoms with Gasteiger partial charge in [0, 0.05) is 15.4 Å². The Labute approximate surface area is 162 Å². The predicted octanol–water partition coefficient (Wildman–Crippen LogP) is 5.08. The number of carbonyl (C=O) groups excluding carboxylic acids is 1. The summed E-state index contributed by atoms with van der Waals surface area (Å²) in [5, 5.41) is 12.8. The first-order chi connectivity index (χ1) is 12.6. The molecule has 0 radical (unpaired) electrons. The summed E-state index contributed by atoms with van der Waals surface area (Å²) in [6, 6.07) is 17.3. The van der Waals surface area contributed by atoms with Crippen LogP contribution in [0.4, 0.5) is 5.13 Å². The highest BCUT2D eigenvalue weighted by Gasteiger charge is 2.15. The maximum atomic E-state index is 12.9. The third kappa shape index (κ3) is 3.36. The van der Waals surface area contributed by atoms with Crippen molar-refractivity contribution in [1.29, 1.82) is 0 Å². The highest BCUT2D eigenvalue weighted by molar-refractivity contribution is 9.10. The fourth-order valence-corrected chi connectivity index (χ4v) is 3.66. The zero-order valence-electron chi connectivity index (χ0n) is 13.7. The molecule has 0 aliphatic heterocycles. The van der Waals surface area contributed by atoms with Crippen molar-refractivity contribution in [2.24, 2.45) is 0 Å². The van der Waals surface area contributed by atoms with E-state index in [1.807, 2.05) is 61.5 Å². The number of halogens is 1. The van der Waals surface area contributed by atoms with Crippen LogP contribution in [-0.4, -0.2) is 21.1 Å². The number of benzene rings is 2. The number of nitrogens with one attached hydrogen (secondary N) is 1. The number of anilines is 1. The van der Waals surface area contributed by atoms with Crippen molar-refractivity contribution < 1.29 is 4.79 Å². The predicted molar refractivity (Wildman–Crippen MR) is 107 cm³/mol. The van der Waals surface area contributed by atoms with Crippen molar-refractivity contribution >= 4 is 49.2 Å². The van der Waals surface area contributed by atoms with Crippen molar-refractivity contribution in [3.63, 3.8) is 0 Å². The second-order valence-corrected chi connectivity index (χ2v) is 7.76. The molecule has 0 fully saturated rings. The van der Waals surface area contributed by atoms with Crippen molar-refractivity contribution in [3.05, 3.63) is 69.6 Å². The van der Waals surface area contributed by atoms with Crippen molar-refractivity contribution in [2.45, 2.75) is 6.92 Å². The number of fused-ring (bicyclic) bond motifs is 1. The number of rotatable bonds is 3. The molecule has 0 aliphatic rings. The first kappa shape index (κ1) is 16.8. The molecule has 2 heterocycles. The average Bonchev–Trinajstić information content (AvgIpc) is 3.05. The molecular formula is C19H13BrN4OS. The van der Waals surface area contributed by atoms with E-state index in [1.54, 1.807) is 0 Å². The summed E-state index contributed by atoms with van der Waals surface area (Å²) in [4.78, 5) is 17.6. The maximum Gasteiger partial charge on any atom is 0.258 e. The standard InChI is InChI=1S/C19H13BrN4OS/c1-11-23-24-19(26-11)22-18(25)15-10-17(12-5-4-6-13(20)9-12)21-16-8-3-2-7-14(15)16/h2-10H,1H3,(H,22,24,25). The summed E-state index contributed by atoms with van der Waals surface area (Å²) in [5.41, 5.74) is 3.00. The van der Waals surface area contributed by atoms with Gasteiger partial charge in [-0.1, -0.05) is 57.6 Å². The number of amides is 1. The van der Waals surface area contributed by atoms with Crippen LogP contribution in [0.25, 0.3) is 22.2 Å². The molecule has 4 aromatic rings. The fourth-order valence-electron chi connectivity index (χ4n) is 2.67. The minimum absolute atomic E-state index is 0.226. The van der Waals surface area contributed by atoms with E-state index in [9.17, 15) is 4.79 Å². The van der Waals surface area contributed by atoms with Crippen LogP contribution in [0, 0.1) is 6.92 Å². The van der Waals surface area contributed by atoms with Gasteiger partial charge in [0.25, 0.3) is 5.91 Å². The number of hydrogen-bond donors (Lipinski definition) is 1. The Morgan fingerprint density at radius 2 is 1.92 bits per heavy atom. The van der Waals surface area contributed by atoms with Gasteiger partial charge in [-0.25, -0.2) is 4.98 Å². The van der Waals surface area contributed by atoms with Crippen molar-refractivity contribution in [3.8, 4) is 11.3 Å². The van der Waals surface area contributed by atoms with Gasteiger partial charge in [0.05, 0.1) is 16.8 Å². The van der Waals surface area contributed by atoms with Gasteiger partial charge in [-0.2, -0.15) is 0 Å². The third-order valence-electron chi connectivity index (χ3n) is 3.83. The second-order valence-electron chi connectivity index (χ2n) is 5.66. The lowest BCUT2D eigenvalue weighted by Gasteiger charge is -2.09. The van der Waals surface area contributed by atoms with Crippen LogP contribution in [0.5, 0.6) is 0 Å². The Morgan fingerprint density at radius 3 is 2.69 bits per heavy atom. The molecule has 0 spiro atoms. The second kappa shape index (κ2) is 6.93. The Balaban J connectivity index is 1.83. The molecule has 128 valence electrons. The molecular weight excluding hydrogens is 412 g/mol. The van der Waals surface area contributed by atoms with E-state index in [1.165, 1.54) is 11.3 Å². The number of hydrogen-bond acceptors (Lipinski definition) is 5. The quantitative estimate of drug-likeness (QED) is 0.497. The van der Waals surface area contributed by atoms with E-state index in [0.29, 0.717) is 10.7 Å². The number of pyridine rings is 1. The number of carbonyl (C=O) groups is 1. The molecule has 26 heavy (non-hydrogen) atoms. The van der Waals surface area contributed by atoms with Crippen LogP contribution >= 0.6 is 27.3 Å². The molecule has 2 aromatic heterocycles. The topological polar surface area (TPSA) is 67.8 Å². The molecule has 7 heteroatoms. The lowest BCUT2D eigenvalue weighted by Crippen LogP contribution is -2.13. The van der Waals surface area contributed by atoms with Gasteiger partial charge in [-0.15, -0.1) is 10.2 Å². The molecule has 0 aliphatic carbocycles. The van der Waals surface area contributed by atoms with E-state index in [0.717, 1.165) is 31.6 Å². The zero-order chi connectivity index (χ0) is 18.1. The largest absolute Gasteiger partial charge is 0.296 e. The zero-order valence-corrected chi connectivity index (χ0v) is 16.1. The molecule has 0 saturated heterocycles. The van der Waals surface area contributed by atoms with Crippen LogP contribution in [0.1, 0.15) is 15.4 Å². The monoisotopic (exact) mass is 424 g/mol. The van der Waals surface area contributed by atoms with Crippen LogP contribution in [0.2, 0.25) is 0 Å². The van der Waals surface area contributed by atoms with Crippen molar-refractivity contribution in [1.82, 2.24) is 15.2 Å². The van der Waals surface area contributed by atoms with Gasteiger partial charge in [-0.3, -0.25) is 10.1 Å². The molecule has 5 nitrogen and oxygen atoms in total. The normalized spacial score (nSPS) is 10.8. The van der Waals surface area contributed by atoms with Crippen LogP contribution in [0.15, 0.2) is 59.1 Å². The first-order valence-electron chi connectivity index (χ1n) is 7.87. The van der Waals surface area contributed by atoms with E-state index in [-0.39, 0.29) is 5.91 Å². The van der Waals surface area contributed by atoms with Gasteiger partial charge in [0.1, 0.15) is 5.01 Å². The van der Waals surface area contributed by atoms with Crippen LogP contribution in [0.3, 0.4) is 0 Å². The van der Waals surface area contributed by atoms with E-state index in [4.69, 9.17) is 4.98 Å². The SMILES string of the molecule is Cc1nnc(NC(=O)c2cc(-c3cccc(Br)c3)nc3ccccc23)s1. The van der Waals surface area contributed by atoms with Gasteiger partial charge in [-0.05, 0) is 31.2 Å². The van der Waals surface area contributed by atoms with Crippen molar-refractivity contribution in [2.75, 3.05) is 5.32 Å². The van der Waals surface area contributed by atoms with E-state index in [2.05, 4.69) is 31.4 Å². The van der Waals surface area contributed by atoms with Gasteiger partial charge >= 0.3 is 0 Å². The van der Waals surface area contributed by atoms with Crippen LogP contribution < -0.4 is 5.32 Å². The molecule has 0 bridgehead atoms. The summed E-state index contributed by atoms with van der Waals surface area (Å²) in [7, 11) is 0. The fraction of sp³-hybridized carbons (Fsp3) is 0.0526. The summed E-state index contributed by atoms with van der Waals surface area (Å²) < 4.78 is 0.959. The Morgan fingerprint density at radius 1 is 1.08 bits per heavy atom. The number of para-hydroxylation sites is 1. The molecule has 0 atom stereocenters. The van der Waals surface area contributed by atoms with E-state index < -0.39 is 0 Å². The van der Waals surface area contributed by atoms with Gasteiger partial charge in [0.2, 0.25) is 5.13 Å². The number of aromatic nitrogens is 3. The Kier molecular flexibility index (Phi) is 4.48. The maximum absolute atomic E-state index is 12.9. The average molecular weight is 425 g/mol. The first-order valence-corrected chi connectivity index (χ1v) is 9.48. The lowest BCUT2D eigenvalue weighted by molar-refractivity contribution is 0.102. The number of nitrogens with zero attached hydrogens (tertiary/aromatic N) is 3. The summed E-state index contributed by atoms with van der Waals surface area (Å²) >= 11 is 4.82. The smallest absolute Gasteiger partial charge is 0.258 e. The molecule has 0 saturated carbocycles. The molecule has 0 unspecified atom stereocenters. The minimum atomic E-state index is -0.226. The molecule has 4 rings (SSSR count). The van der Waals surface area contributed by atoms with Gasteiger partial charge in [0.15, 0.2) is 0 Å². The molecule has 2 aromatic carbocycles. The summed E-state index contributed by atoms with van der Waals surface area (Å²) in [6.45, 7) is 1.85. The minimum Gasteiger partial charge on any atom is -0.296 e. The van der Waals surface area contributed by atoms with Crippen LogP contribution in [-0.2, 0) is 0 Å². The van der Waals surface area contributed by atoms with E-state index >= 15 is 0 Å². The van der Waals surface area contributed by atoms with Gasteiger partial charge < -0.3 is 0 Å². The highest BCUT2D eigenvalue weighted by Crippen LogP contribution is 2.27. The molecule has 1 amide bonds. The Bertz CT molecular complexity index is 1130. The lowest BCUT2D eigenvalue weighted by atomic mass is 10.0. The Hall–Kier alpha value is -2.64. The highest BCUT2D eigenvalue weighted by atomic mass is 79.9. The number of aryl methyl sites for hydroxylation is 1. The third-order valence-corrected chi connectivity index (χ3v) is 5.08. The summed E-state index contributed by atoms with van der Waals surface area (Å²) in [6.07, 6.45) is 0.